The van der Waals surface area contributed by atoms with Crippen molar-refractivity contribution in [2.24, 2.45) is 5.92 Å². The van der Waals surface area contributed by atoms with Crippen LogP contribution in [0.2, 0.25) is 38.3 Å². The Hall–Kier alpha value is 0.764. The monoisotopic (exact) mass is 474 g/mol. The lowest BCUT2D eigenvalue weighted by Crippen LogP contribution is -2.53. The summed E-state index contributed by atoms with van der Waals surface area (Å²) in [5.41, 5.74) is 0. The molecule has 0 aliphatic carbocycles. The van der Waals surface area contributed by atoms with E-state index < -0.39 is 45.2 Å². The van der Waals surface area contributed by atoms with Gasteiger partial charge in [0.25, 0.3) is 27.9 Å². The summed E-state index contributed by atoms with van der Waals surface area (Å²) in [6, 6.07) is 1.63. The summed E-state index contributed by atoms with van der Waals surface area (Å²) >= 11 is 0. The first-order valence-electron chi connectivity index (χ1n) is 9.57. The van der Waals surface area contributed by atoms with Crippen LogP contribution in [0.1, 0.15) is 13.3 Å². The van der Waals surface area contributed by atoms with E-state index in [4.69, 9.17) is 34.5 Å². The van der Waals surface area contributed by atoms with E-state index in [0.717, 1.165) is 18.5 Å². The second kappa shape index (κ2) is 12.5. The standard InChI is InChI=1S/C14H38O8Si5/c1-14(12-18-10-9-11-27(15-2,16-3)17-4)13-26(8)21-24(6)19-23(5)20-25(7)22-26/h14,23-25H,9-13H2,1-8H3. The average Bonchev–Trinajstić information content (AvgIpc) is 2.56. The summed E-state index contributed by atoms with van der Waals surface area (Å²) in [6.45, 7) is 11.8. The van der Waals surface area contributed by atoms with E-state index in [9.17, 15) is 0 Å². The van der Waals surface area contributed by atoms with Crippen LogP contribution in [0, 0.1) is 5.92 Å². The van der Waals surface area contributed by atoms with Gasteiger partial charge in [0.1, 0.15) is 0 Å². The number of hydrogen-bond donors (Lipinski definition) is 0. The van der Waals surface area contributed by atoms with E-state index in [1.165, 1.54) is 0 Å². The fourth-order valence-corrected chi connectivity index (χ4v) is 20.2. The van der Waals surface area contributed by atoms with E-state index in [-0.39, 0.29) is 0 Å². The minimum atomic E-state index is -2.50. The summed E-state index contributed by atoms with van der Waals surface area (Å²) in [6.07, 6.45) is 0.842. The molecule has 13 heteroatoms. The van der Waals surface area contributed by atoms with Crippen molar-refractivity contribution < 1.29 is 34.5 Å². The highest BCUT2D eigenvalue weighted by atomic mass is 28.5. The molecular formula is C14H38O8Si5. The first kappa shape index (κ1) is 25.8. The largest absolute Gasteiger partial charge is 0.500 e. The minimum Gasteiger partial charge on any atom is -0.420 e. The van der Waals surface area contributed by atoms with E-state index in [1.54, 1.807) is 21.3 Å². The molecule has 162 valence electrons. The SMILES string of the molecule is CO[Si](CCCOCC(C)C[Si]1(C)O[SiH](C)O[SiH](C)O[SiH](C)O1)(OC)OC. The Morgan fingerprint density at radius 2 is 1.44 bits per heavy atom. The Balaban J connectivity index is 2.38. The van der Waals surface area contributed by atoms with E-state index in [0.29, 0.717) is 19.1 Å². The molecule has 8 nitrogen and oxygen atoms in total. The molecule has 1 fully saturated rings. The lowest BCUT2D eigenvalue weighted by Gasteiger charge is -2.38. The number of hydrogen-bond acceptors (Lipinski definition) is 8. The molecule has 27 heavy (non-hydrogen) atoms. The van der Waals surface area contributed by atoms with Crippen LogP contribution < -0.4 is 0 Å². The molecule has 1 heterocycles. The fraction of sp³-hybridized carbons (Fsp3) is 1.00. The third-order valence-corrected chi connectivity index (χ3v) is 21.5. The third-order valence-electron chi connectivity index (χ3n) is 4.42. The Kier molecular flexibility index (Phi) is 11.9. The van der Waals surface area contributed by atoms with Crippen LogP contribution in [-0.2, 0) is 34.5 Å². The van der Waals surface area contributed by atoms with Gasteiger partial charge in [-0.1, -0.05) is 6.92 Å². The molecule has 1 aliphatic rings. The van der Waals surface area contributed by atoms with Gasteiger partial charge >= 0.3 is 17.4 Å². The topological polar surface area (TPSA) is 73.8 Å². The molecule has 1 rings (SSSR count). The maximum absolute atomic E-state index is 6.33. The zero-order valence-corrected chi connectivity index (χ0v) is 23.6. The molecule has 0 saturated carbocycles. The van der Waals surface area contributed by atoms with E-state index in [1.807, 2.05) is 0 Å². The third kappa shape index (κ3) is 9.41. The van der Waals surface area contributed by atoms with Crippen LogP contribution in [0.15, 0.2) is 0 Å². The Bertz CT molecular complexity index is 395. The molecule has 1 saturated heterocycles. The van der Waals surface area contributed by atoms with Gasteiger partial charge in [-0.3, -0.25) is 0 Å². The molecule has 0 radical (unpaired) electrons. The molecule has 0 bridgehead atoms. The van der Waals surface area contributed by atoms with Crippen LogP contribution >= 0.6 is 0 Å². The zero-order valence-electron chi connectivity index (χ0n) is 18.1. The zero-order chi connectivity index (χ0) is 20.5. The lowest BCUT2D eigenvalue weighted by molar-refractivity contribution is 0.0942. The van der Waals surface area contributed by atoms with Crippen molar-refractivity contribution in [1.29, 1.82) is 0 Å². The minimum absolute atomic E-state index is 0.354. The van der Waals surface area contributed by atoms with Crippen molar-refractivity contribution >= 4 is 45.2 Å². The quantitative estimate of drug-likeness (QED) is 0.330. The molecule has 0 aromatic rings. The first-order chi connectivity index (χ1) is 12.7. The number of rotatable bonds is 11. The van der Waals surface area contributed by atoms with E-state index >= 15 is 0 Å². The normalized spacial score (nSPS) is 31.3. The lowest BCUT2D eigenvalue weighted by atomic mass is 10.2. The van der Waals surface area contributed by atoms with Gasteiger partial charge in [0.15, 0.2) is 0 Å². The summed E-state index contributed by atoms with van der Waals surface area (Å²) in [5.74, 6) is 0.354. The van der Waals surface area contributed by atoms with Gasteiger partial charge in [0.05, 0.1) is 0 Å². The highest BCUT2D eigenvalue weighted by Crippen LogP contribution is 2.24. The molecular weight excluding hydrogens is 437 g/mol. The summed E-state index contributed by atoms with van der Waals surface area (Å²) < 4.78 is 46.8. The second-order valence-electron chi connectivity index (χ2n) is 7.13. The molecule has 0 spiro atoms. The van der Waals surface area contributed by atoms with Crippen molar-refractivity contribution in [2.75, 3.05) is 34.5 Å². The van der Waals surface area contributed by atoms with Crippen molar-refractivity contribution in [2.45, 2.75) is 51.6 Å². The molecule has 1 aliphatic heterocycles. The van der Waals surface area contributed by atoms with Crippen molar-refractivity contribution in [3.63, 3.8) is 0 Å². The Morgan fingerprint density at radius 1 is 0.926 bits per heavy atom. The molecule has 0 amide bonds. The maximum Gasteiger partial charge on any atom is 0.500 e. The summed E-state index contributed by atoms with van der Waals surface area (Å²) in [7, 11) is -4.86. The van der Waals surface area contributed by atoms with Crippen LogP contribution in [-0.4, -0.2) is 79.8 Å². The first-order valence-corrected chi connectivity index (χ1v) is 20.3. The highest BCUT2D eigenvalue weighted by Gasteiger charge is 2.40. The molecule has 3 atom stereocenters. The van der Waals surface area contributed by atoms with Crippen molar-refractivity contribution in [3.05, 3.63) is 0 Å². The smallest absolute Gasteiger partial charge is 0.420 e. The van der Waals surface area contributed by atoms with Crippen molar-refractivity contribution in [1.82, 2.24) is 0 Å². The van der Waals surface area contributed by atoms with Gasteiger partial charge in [-0.2, -0.15) is 0 Å². The van der Waals surface area contributed by atoms with E-state index in [2.05, 4.69) is 33.1 Å². The van der Waals surface area contributed by atoms with Gasteiger partial charge < -0.3 is 34.5 Å². The predicted octanol–water partition coefficient (Wildman–Crippen LogP) is 1.61. The van der Waals surface area contributed by atoms with Crippen LogP contribution in [0.4, 0.5) is 0 Å². The van der Waals surface area contributed by atoms with Crippen molar-refractivity contribution in [3.8, 4) is 0 Å². The van der Waals surface area contributed by atoms with Gasteiger partial charge in [0.2, 0.25) is 0 Å². The molecule has 3 unspecified atom stereocenters. The average molecular weight is 475 g/mol. The highest BCUT2D eigenvalue weighted by molar-refractivity contribution is 6.81. The molecule has 0 aromatic carbocycles. The molecule has 0 N–H and O–H groups in total. The Morgan fingerprint density at radius 3 is 1.93 bits per heavy atom. The van der Waals surface area contributed by atoms with Crippen LogP contribution in [0.5, 0.6) is 0 Å². The second-order valence-corrected chi connectivity index (χ2v) is 20.4. The number of ether oxygens (including phenoxy) is 1. The maximum atomic E-state index is 6.33. The summed E-state index contributed by atoms with van der Waals surface area (Å²) in [4.78, 5) is 0. The van der Waals surface area contributed by atoms with Crippen LogP contribution in [0.25, 0.3) is 0 Å². The molecule has 0 aromatic heterocycles. The fourth-order valence-electron chi connectivity index (χ4n) is 3.38. The van der Waals surface area contributed by atoms with Gasteiger partial charge in [-0.25, -0.2) is 0 Å². The van der Waals surface area contributed by atoms with Gasteiger partial charge in [-0.05, 0) is 44.6 Å². The van der Waals surface area contributed by atoms with Gasteiger partial charge in [-0.15, -0.1) is 0 Å². The van der Waals surface area contributed by atoms with Crippen LogP contribution in [0.3, 0.4) is 0 Å². The Labute approximate surface area is 171 Å². The predicted molar refractivity (Wildman–Crippen MR) is 116 cm³/mol. The van der Waals surface area contributed by atoms with Gasteiger partial charge in [0, 0.05) is 40.6 Å². The summed E-state index contributed by atoms with van der Waals surface area (Å²) in [5, 5.41) is 0.